The first-order valence-electron chi connectivity index (χ1n) is 5.05. The Labute approximate surface area is 93.2 Å². The first-order valence-corrected chi connectivity index (χ1v) is 5.43. The van der Waals surface area contributed by atoms with Gasteiger partial charge in [0, 0.05) is 5.41 Å². The van der Waals surface area contributed by atoms with Gasteiger partial charge in [0.2, 0.25) is 0 Å². The molecule has 0 N–H and O–H groups in total. The molecule has 1 fully saturated rings. The number of hydrogen-bond acceptors (Lipinski definition) is 1. The number of aldehydes is 1. The molecule has 0 heterocycles. The Morgan fingerprint density at radius 2 is 2.20 bits per heavy atom. The first kappa shape index (κ1) is 10.6. The van der Waals surface area contributed by atoms with E-state index in [2.05, 4.69) is 0 Å². The average molecular weight is 227 g/mol. The zero-order valence-electron chi connectivity index (χ0n) is 8.30. The Morgan fingerprint density at radius 1 is 1.47 bits per heavy atom. The number of carbonyl (C=O) groups excluding carboxylic acids is 1. The van der Waals surface area contributed by atoms with Crippen molar-refractivity contribution in [1.82, 2.24) is 0 Å². The fraction of sp³-hybridized carbons (Fsp3) is 0.417. The molecule has 0 unspecified atom stereocenters. The number of rotatable bonds is 3. The maximum absolute atomic E-state index is 13.2. The Balaban J connectivity index is 2.17. The van der Waals surface area contributed by atoms with E-state index < -0.39 is 5.82 Å². The second-order valence-corrected chi connectivity index (χ2v) is 4.67. The van der Waals surface area contributed by atoms with E-state index in [9.17, 15) is 9.18 Å². The number of hydrogen-bond donors (Lipinski definition) is 0. The molecule has 1 saturated carbocycles. The maximum atomic E-state index is 13.2. The summed E-state index contributed by atoms with van der Waals surface area (Å²) < 4.78 is 13.2. The Kier molecular flexibility index (Phi) is 2.79. The van der Waals surface area contributed by atoms with Crippen molar-refractivity contribution in [3.63, 3.8) is 0 Å². The van der Waals surface area contributed by atoms with Crippen molar-refractivity contribution in [3.05, 3.63) is 34.6 Å². The van der Waals surface area contributed by atoms with Gasteiger partial charge in [-0.2, -0.15) is 0 Å². The van der Waals surface area contributed by atoms with Gasteiger partial charge < -0.3 is 4.79 Å². The van der Waals surface area contributed by atoms with Crippen LogP contribution in [0.15, 0.2) is 18.2 Å². The highest BCUT2D eigenvalue weighted by molar-refractivity contribution is 6.30. The molecule has 2 rings (SSSR count). The van der Waals surface area contributed by atoms with Crippen molar-refractivity contribution >= 4 is 17.9 Å². The maximum Gasteiger partial charge on any atom is 0.142 e. The number of halogens is 2. The van der Waals surface area contributed by atoms with Crippen LogP contribution in [0.4, 0.5) is 4.39 Å². The third-order valence-corrected chi connectivity index (χ3v) is 3.45. The van der Waals surface area contributed by atoms with Gasteiger partial charge in [-0.1, -0.05) is 24.1 Å². The molecule has 0 aromatic heterocycles. The van der Waals surface area contributed by atoms with Crippen LogP contribution in [-0.4, -0.2) is 6.29 Å². The van der Waals surface area contributed by atoms with Gasteiger partial charge in [-0.05, 0) is 37.0 Å². The SMILES string of the molecule is O=CC1(Cc2ccc(Cl)c(F)c2)CCC1. The lowest BCUT2D eigenvalue weighted by molar-refractivity contribution is -0.120. The highest BCUT2D eigenvalue weighted by Crippen LogP contribution is 2.41. The molecule has 1 aromatic rings. The lowest BCUT2D eigenvalue weighted by Crippen LogP contribution is -2.33. The third-order valence-electron chi connectivity index (χ3n) is 3.14. The van der Waals surface area contributed by atoms with Gasteiger partial charge in [-0.15, -0.1) is 0 Å². The molecule has 0 bridgehead atoms. The summed E-state index contributed by atoms with van der Waals surface area (Å²) in [5.74, 6) is -0.408. The van der Waals surface area contributed by atoms with E-state index >= 15 is 0 Å². The van der Waals surface area contributed by atoms with E-state index in [0.29, 0.717) is 6.42 Å². The fourth-order valence-electron chi connectivity index (χ4n) is 2.02. The summed E-state index contributed by atoms with van der Waals surface area (Å²) in [6.45, 7) is 0. The molecule has 1 aliphatic carbocycles. The zero-order valence-corrected chi connectivity index (χ0v) is 9.06. The molecule has 0 saturated heterocycles. The van der Waals surface area contributed by atoms with Crippen LogP contribution >= 0.6 is 11.6 Å². The first-order chi connectivity index (χ1) is 7.15. The molecule has 1 aliphatic rings. The summed E-state index contributed by atoms with van der Waals surface area (Å²) in [4.78, 5) is 10.9. The van der Waals surface area contributed by atoms with Gasteiger partial charge in [0.05, 0.1) is 5.02 Å². The molecule has 0 aliphatic heterocycles. The van der Waals surface area contributed by atoms with Crippen molar-refractivity contribution in [3.8, 4) is 0 Å². The Morgan fingerprint density at radius 3 is 2.67 bits per heavy atom. The lowest BCUT2D eigenvalue weighted by Gasteiger charge is -2.36. The summed E-state index contributed by atoms with van der Waals surface area (Å²) in [5.41, 5.74) is 0.615. The largest absolute Gasteiger partial charge is 0.303 e. The van der Waals surface area contributed by atoms with Crippen LogP contribution in [0, 0.1) is 11.2 Å². The van der Waals surface area contributed by atoms with Gasteiger partial charge >= 0.3 is 0 Å². The molecule has 80 valence electrons. The van der Waals surface area contributed by atoms with E-state index in [4.69, 9.17) is 11.6 Å². The smallest absolute Gasteiger partial charge is 0.142 e. The van der Waals surface area contributed by atoms with Gasteiger partial charge in [0.1, 0.15) is 12.1 Å². The molecule has 15 heavy (non-hydrogen) atoms. The minimum atomic E-state index is -0.408. The normalized spacial score (nSPS) is 18.3. The van der Waals surface area contributed by atoms with E-state index in [0.717, 1.165) is 31.1 Å². The monoisotopic (exact) mass is 226 g/mol. The van der Waals surface area contributed by atoms with Crippen LogP contribution < -0.4 is 0 Å². The quantitative estimate of drug-likeness (QED) is 0.722. The van der Waals surface area contributed by atoms with E-state index in [1.807, 2.05) is 0 Å². The van der Waals surface area contributed by atoms with Crippen molar-refractivity contribution in [2.75, 3.05) is 0 Å². The molecule has 0 radical (unpaired) electrons. The summed E-state index contributed by atoms with van der Waals surface area (Å²) in [7, 11) is 0. The molecule has 1 aromatic carbocycles. The topological polar surface area (TPSA) is 17.1 Å². The number of benzene rings is 1. The van der Waals surface area contributed by atoms with Gasteiger partial charge in [0.15, 0.2) is 0 Å². The second-order valence-electron chi connectivity index (χ2n) is 4.26. The van der Waals surface area contributed by atoms with Crippen molar-refractivity contribution in [2.24, 2.45) is 5.41 Å². The summed E-state index contributed by atoms with van der Waals surface area (Å²) in [6.07, 6.45) is 4.57. The van der Waals surface area contributed by atoms with E-state index in [1.165, 1.54) is 6.07 Å². The molecule has 3 heteroatoms. The lowest BCUT2D eigenvalue weighted by atomic mass is 9.66. The van der Waals surface area contributed by atoms with Crippen molar-refractivity contribution in [1.29, 1.82) is 0 Å². The summed E-state index contributed by atoms with van der Waals surface area (Å²) in [5, 5.41) is 0.132. The molecule has 1 nitrogen and oxygen atoms in total. The predicted molar refractivity (Wildman–Crippen MR) is 57.5 cm³/mol. The van der Waals surface area contributed by atoms with Crippen LogP contribution in [0.1, 0.15) is 24.8 Å². The minimum absolute atomic E-state index is 0.132. The van der Waals surface area contributed by atoms with Gasteiger partial charge in [-0.3, -0.25) is 0 Å². The highest BCUT2D eigenvalue weighted by Gasteiger charge is 2.36. The van der Waals surface area contributed by atoms with Crippen LogP contribution in [0.3, 0.4) is 0 Å². The average Bonchev–Trinajstić information content (AvgIpc) is 2.17. The number of carbonyl (C=O) groups is 1. The molecule has 0 amide bonds. The zero-order chi connectivity index (χ0) is 10.9. The van der Waals surface area contributed by atoms with Gasteiger partial charge in [-0.25, -0.2) is 4.39 Å². The molecule has 0 atom stereocenters. The van der Waals surface area contributed by atoms with Gasteiger partial charge in [0.25, 0.3) is 0 Å². The molecular weight excluding hydrogens is 215 g/mol. The van der Waals surface area contributed by atoms with Crippen molar-refractivity contribution in [2.45, 2.75) is 25.7 Å². The fourth-order valence-corrected chi connectivity index (χ4v) is 2.14. The van der Waals surface area contributed by atoms with E-state index in [1.54, 1.807) is 12.1 Å². The predicted octanol–water partition coefficient (Wildman–Crippen LogP) is 3.39. The minimum Gasteiger partial charge on any atom is -0.303 e. The Hall–Kier alpha value is -0.890. The molecular formula is C12H12ClFO. The van der Waals surface area contributed by atoms with E-state index in [-0.39, 0.29) is 10.4 Å². The highest BCUT2D eigenvalue weighted by atomic mass is 35.5. The van der Waals surface area contributed by atoms with Crippen LogP contribution in [0.2, 0.25) is 5.02 Å². The standard InChI is InChI=1S/C12H12ClFO/c13-10-3-2-9(6-11(10)14)7-12(8-15)4-1-5-12/h2-3,6,8H,1,4-5,7H2. The third kappa shape index (κ3) is 2.05. The second kappa shape index (κ2) is 3.93. The van der Waals surface area contributed by atoms with Crippen LogP contribution in [0.25, 0.3) is 0 Å². The Bertz CT molecular complexity index is 385. The van der Waals surface area contributed by atoms with Crippen molar-refractivity contribution < 1.29 is 9.18 Å². The summed E-state index contributed by atoms with van der Waals surface area (Å²) in [6, 6.07) is 4.75. The van der Waals surface area contributed by atoms with Crippen LogP contribution in [0.5, 0.6) is 0 Å². The molecule has 0 spiro atoms. The van der Waals surface area contributed by atoms with Crippen LogP contribution in [-0.2, 0) is 11.2 Å². The summed E-state index contributed by atoms with van der Waals surface area (Å²) >= 11 is 5.59.